The van der Waals surface area contributed by atoms with E-state index in [0.717, 1.165) is 0 Å². The Bertz CT molecular complexity index is 2100. The summed E-state index contributed by atoms with van der Waals surface area (Å²) in [5.41, 5.74) is 10.8. The molecule has 0 spiro atoms. The monoisotopic (exact) mass is 720 g/mol. The van der Waals surface area contributed by atoms with Gasteiger partial charge in [0.25, 0.3) is 0 Å². The molecule has 0 aliphatic carbocycles. The molecule has 55 heavy (non-hydrogen) atoms. The van der Waals surface area contributed by atoms with Gasteiger partial charge in [0.15, 0.2) is 0 Å². The van der Waals surface area contributed by atoms with Gasteiger partial charge in [0.1, 0.15) is 0 Å². The zero-order chi connectivity index (χ0) is 39.3. The van der Waals surface area contributed by atoms with Gasteiger partial charge in [0, 0.05) is 0 Å². The Labute approximate surface area is 332 Å². The Balaban J connectivity index is 0.000000154. The summed E-state index contributed by atoms with van der Waals surface area (Å²) in [6.07, 6.45) is 3.68. The lowest BCUT2D eigenvalue weighted by atomic mass is 9.99. The second-order valence-corrected chi connectivity index (χ2v) is 14.3. The van der Waals surface area contributed by atoms with Crippen molar-refractivity contribution in [3.63, 3.8) is 0 Å². The maximum atomic E-state index is 2.26. The normalized spacial score (nSPS) is 10.6. The largest absolute Gasteiger partial charge is 0.0651 e. The van der Waals surface area contributed by atoms with Crippen LogP contribution in [0, 0.1) is 27.7 Å². The Morgan fingerprint density at radius 1 is 0.382 bits per heavy atom. The average molecular weight is 721 g/mol. The Morgan fingerprint density at radius 2 is 0.764 bits per heavy atom. The van der Waals surface area contributed by atoms with E-state index in [-0.39, 0.29) is 0 Å². The third kappa shape index (κ3) is 14.2. The number of rotatable bonds is 5. The number of aryl methyl sites for hydroxylation is 5. The molecule has 8 aromatic rings. The van der Waals surface area contributed by atoms with Crippen LogP contribution in [0.5, 0.6) is 0 Å². The van der Waals surface area contributed by atoms with Crippen molar-refractivity contribution in [2.24, 2.45) is 0 Å². The molecule has 8 aromatic carbocycles. The van der Waals surface area contributed by atoms with Crippen LogP contribution in [0.3, 0.4) is 0 Å². The maximum absolute atomic E-state index is 2.26. The lowest BCUT2D eigenvalue weighted by Gasteiger charge is -2.06. The molecule has 0 bridgehead atoms. The summed E-state index contributed by atoms with van der Waals surface area (Å²) in [7, 11) is 0. The second kappa shape index (κ2) is 23.1. The molecule has 1 atom stereocenters. The van der Waals surface area contributed by atoms with Gasteiger partial charge in [0.05, 0.1) is 0 Å². The molecular weight excluding hydrogens is 661 g/mol. The minimum Gasteiger partial charge on any atom is -0.0651 e. The summed E-state index contributed by atoms with van der Waals surface area (Å²) in [5.74, 6) is 0.709. The van der Waals surface area contributed by atoms with Crippen molar-refractivity contribution in [2.45, 2.75) is 73.6 Å². The average Bonchev–Trinajstić information content (AvgIpc) is 3.23. The van der Waals surface area contributed by atoms with Crippen molar-refractivity contribution in [3.8, 4) is 11.1 Å². The van der Waals surface area contributed by atoms with Crippen LogP contribution in [0.2, 0.25) is 0 Å². The first-order chi connectivity index (χ1) is 26.8. The zero-order valence-corrected chi connectivity index (χ0v) is 34.2. The van der Waals surface area contributed by atoms with Gasteiger partial charge in [-0.05, 0) is 101 Å². The molecule has 0 fully saturated rings. The van der Waals surface area contributed by atoms with Crippen LogP contribution in [0.4, 0.5) is 0 Å². The number of hydrogen-bond acceptors (Lipinski definition) is 0. The first-order valence-electron chi connectivity index (χ1n) is 19.9. The maximum Gasteiger partial charge on any atom is -0.0155 e. The van der Waals surface area contributed by atoms with Crippen LogP contribution in [-0.2, 0) is 6.42 Å². The zero-order valence-electron chi connectivity index (χ0n) is 34.2. The fourth-order valence-corrected chi connectivity index (χ4v) is 6.22. The molecule has 0 heteroatoms. The smallest absolute Gasteiger partial charge is 0.0155 e. The summed E-state index contributed by atoms with van der Waals surface area (Å²) in [6, 6.07) is 68.1. The number of hydrogen-bond donors (Lipinski definition) is 0. The van der Waals surface area contributed by atoms with Crippen LogP contribution >= 0.6 is 0 Å². The van der Waals surface area contributed by atoms with Crippen LogP contribution < -0.4 is 0 Å². The fourth-order valence-electron chi connectivity index (χ4n) is 6.22. The third-order valence-corrected chi connectivity index (χ3v) is 9.81. The molecule has 8 rings (SSSR count). The van der Waals surface area contributed by atoms with E-state index in [1.54, 1.807) is 0 Å². The van der Waals surface area contributed by atoms with E-state index >= 15 is 0 Å². The van der Waals surface area contributed by atoms with Crippen LogP contribution in [-0.4, -0.2) is 0 Å². The topological polar surface area (TPSA) is 0 Å². The van der Waals surface area contributed by atoms with Crippen molar-refractivity contribution in [3.05, 3.63) is 228 Å². The van der Waals surface area contributed by atoms with Gasteiger partial charge in [-0.2, -0.15) is 0 Å². The van der Waals surface area contributed by atoms with Crippen LogP contribution in [0.25, 0.3) is 32.7 Å². The summed E-state index contributed by atoms with van der Waals surface area (Å²) < 4.78 is 0. The van der Waals surface area contributed by atoms with E-state index < -0.39 is 0 Å². The molecule has 0 heterocycles. The lowest BCUT2D eigenvalue weighted by Crippen LogP contribution is -1.88. The fraction of sp³-hybridized carbons (Fsp3) is 0.200. The molecule has 0 saturated heterocycles. The summed E-state index contributed by atoms with van der Waals surface area (Å²) in [6.45, 7) is 15.2. The molecule has 0 saturated carbocycles. The van der Waals surface area contributed by atoms with Gasteiger partial charge in [0.2, 0.25) is 0 Å². The quantitative estimate of drug-likeness (QED) is 0.166. The first-order valence-corrected chi connectivity index (χ1v) is 19.9. The van der Waals surface area contributed by atoms with Gasteiger partial charge in [-0.25, -0.2) is 0 Å². The highest BCUT2D eigenvalue weighted by Gasteiger charge is 1.99. The predicted molar refractivity (Wildman–Crippen MR) is 244 cm³/mol. The summed E-state index contributed by atoms with van der Waals surface area (Å²) in [4.78, 5) is 0. The minimum atomic E-state index is 0.709. The molecule has 0 aliphatic rings. The summed E-state index contributed by atoms with van der Waals surface area (Å²) in [5, 5.41) is 5.37. The minimum absolute atomic E-state index is 0.709. The molecule has 0 aromatic heterocycles. The van der Waals surface area contributed by atoms with Crippen molar-refractivity contribution in [1.29, 1.82) is 0 Å². The highest BCUT2D eigenvalue weighted by atomic mass is 14.0. The van der Waals surface area contributed by atoms with Crippen molar-refractivity contribution < 1.29 is 0 Å². The number of benzene rings is 8. The molecule has 280 valence electrons. The van der Waals surface area contributed by atoms with Gasteiger partial charge in [-0.15, -0.1) is 0 Å². The van der Waals surface area contributed by atoms with E-state index in [1.165, 1.54) is 85.3 Å². The molecular formula is C55H60. The van der Waals surface area contributed by atoms with E-state index in [2.05, 4.69) is 243 Å². The Kier molecular flexibility index (Phi) is 17.7. The van der Waals surface area contributed by atoms with E-state index in [1.807, 2.05) is 0 Å². The standard InChI is InChI=1S/C14H14.2C11H10.C10H14.C9H12/c1-11-3-7-13(8-4-11)14-9-5-12(2)6-10-14;2*1-9-5-4-7-10-6-2-3-8-11(9)10;1-3-9(2)10-7-5-4-6-8-10;1-2-6-9-7-4-3-5-8-9/h3-10H,1-2H3;2*2-8H,1H3;4-9H,3H2,1-2H3;3-5,7-8H,2,6H2,1H3. The lowest BCUT2D eigenvalue weighted by molar-refractivity contribution is 0.733. The SMILES string of the molecule is CCC(C)c1ccccc1.CCCc1ccccc1.Cc1ccc(-c2ccc(C)cc2)cc1.Cc1cccc2ccccc12.Cc1cccc2ccccc12. The second-order valence-electron chi connectivity index (χ2n) is 14.3. The van der Waals surface area contributed by atoms with Crippen LogP contribution in [0.15, 0.2) is 194 Å². The van der Waals surface area contributed by atoms with Gasteiger partial charge < -0.3 is 0 Å². The predicted octanol–water partition coefficient (Wildman–Crippen LogP) is 16.1. The van der Waals surface area contributed by atoms with Gasteiger partial charge in [-0.3, -0.25) is 0 Å². The van der Waals surface area contributed by atoms with E-state index in [0.29, 0.717) is 5.92 Å². The van der Waals surface area contributed by atoms with E-state index in [4.69, 9.17) is 0 Å². The number of fused-ring (bicyclic) bond motifs is 2. The molecule has 0 aliphatic heterocycles. The molecule has 0 amide bonds. The Morgan fingerprint density at radius 3 is 1.16 bits per heavy atom. The third-order valence-electron chi connectivity index (χ3n) is 9.81. The summed E-state index contributed by atoms with van der Waals surface area (Å²) >= 11 is 0. The van der Waals surface area contributed by atoms with Crippen molar-refractivity contribution >= 4 is 21.5 Å². The highest BCUT2D eigenvalue weighted by molar-refractivity contribution is 5.86. The van der Waals surface area contributed by atoms with Crippen molar-refractivity contribution in [2.75, 3.05) is 0 Å². The molecule has 0 N–H and O–H groups in total. The molecule has 0 nitrogen and oxygen atoms in total. The highest BCUT2D eigenvalue weighted by Crippen LogP contribution is 2.21. The van der Waals surface area contributed by atoms with Gasteiger partial charge >= 0.3 is 0 Å². The molecule has 0 radical (unpaired) electrons. The first kappa shape index (κ1) is 42.0. The van der Waals surface area contributed by atoms with Gasteiger partial charge in [-0.1, -0.05) is 232 Å². The molecule has 1 unspecified atom stereocenters. The van der Waals surface area contributed by atoms with E-state index in [9.17, 15) is 0 Å². The van der Waals surface area contributed by atoms with Crippen molar-refractivity contribution in [1.82, 2.24) is 0 Å². The van der Waals surface area contributed by atoms with Crippen LogP contribution in [0.1, 0.15) is 72.9 Å². The Hall–Kier alpha value is -5.72.